The number of anilines is 1. The average molecular weight is 242 g/mol. The summed E-state index contributed by atoms with van der Waals surface area (Å²) in [4.78, 5) is 2.43. The van der Waals surface area contributed by atoms with Gasteiger partial charge >= 0.3 is 0 Å². The predicted molar refractivity (Wildman–Crippen MR) is 64.8 cm³/mol. The first-order chi connectivity index (χ1) is 7.83. The Balaban J connectivity index is 1.96. The number of hydrogen-bond donors (Lipinski definition) is 1. The van der Waals surface area contributed by atoms with Crippen LogP contribution in [0.1, 0.15) is 18.4 Å². The number of nitrogens with one attached hydrogen (secondary N) is 1. The lowest BCUT2D eigenvalue weighted by Crippen LogP contribution is -2.44. The van der Waals surface area contributed by atoms with Crippen LogP contribution in [0.3, 0.4) is 0 Å². The first-order valence-corrected chi connectivity index (χ1v) is 6.47. The van der Waals surface area contributed by atoms with Crippen molar-refractivity contribution in [2.45, 2.75) is 25.9 Å². The van der Waals surface area contributed by atoms with Gasteiger partial charge in [-0.25, -0.2) is 0 Å². The predicted octanol–water partition coefficient (Wildman–Crippen LogP) is 1.19. The first-order valence-electron chi connectivity index (χ1n) is 5.65. The van der Waals surface area contributed by atoms with Crippen LogP contribution in [0.2, 0.25) is 0 Å². The Bertz CT molecular complexity index is 330. The molecule has 1 aromatic rings. The molecular weight excluding hydrogens is 224 g/mol. The highest BCUT2D eigenvalue weighted by Gasteiger charge is 2.22. The molecule has 0 saturated carbocycles. The van der Waals surface area contributed by atoms with Gasteiger partial charge in [0.1, 0.15) is 5.01 Å². The van der Waals surface area contributed by atoms with Crippen molar-refractivity contribution in [3.05, 3.63) is 5.01 Å². The number of rotatable bonds is 4. The molecule has 1 aliphatic rings. The number of ether oxygens (including phenoxy) is 1. The summed E-state index contributed by atoms with van der Waals surface area (Å²) in [5, 5.41) is 13.2. The van der Waals surface area contributed by atoms with Gasteiger partial charge in [-0.05, 0) is 6.42 Å². The van der Waals surface area contributed by atoms with Crippen molar-refractivity contribution in [3.8, 4) is 0 Å². The molecule has 0 aromatic carbocycles. The number of aromatic nitrogens is 2. The molecule has 1 unspecified atom stereocenters. The minimum atomic E-state index is 0.524. The van der Waals surface area contributed by atoms with Crippen molar-refractivity contribution in [3.63, 3.8) is 0 Å². The Kier molecular flexibility index (Phi) is 4.09. The quantitative estimate of drug-likeness (QED) is 0.859. The van der Waals surface area contributed by atoms with E-state index in [0.29, 0.717) is 6.04 Å². The summed E-state index contributed by atoms with van der Waals surface area (Å²) >= 11 is 1.62. The molecule has 2 rings (SSSR count). The van der Waals surface area contributed by atoms with E-state index in [2.05, 4.69) is 27.3 Å². The molecule has 0 aliphatic carbocycles. The summed E-state index contributed by atoms with van der Waals surface area (Å²) in [6, 6.07) is 0.524. The molecule has 1 aliphatic heterocycles. The number of morpholine rings is 1. The third-order valence-corrected chi connectivity index (χ3v) is 3.77. The van der Waals surface area contributed by atoms with E-state index >= 15 is 0 Å². The van der Waals surface area contributed by atoms with Crippen LogP contribution < -0.4 is 5.32 Å². The van der Waals surface area contributed by atoms with Crippen LogP contribution in [0, 0.1) is 0 Å². The topological polar surface area (TPSA) is 50.3 Å². The summed E-state index contributed by atoms with van der Waals surface area (Å²) in [6.07, 6.45) is 1.12. The van der Waals surface area contributed by atoms with Crippen LogP contribution in [0.4, 0.5) is 5.13 Å². The summed E-state index contributed by atoms with van der Waals surface area (Å²) in [6.45, 7) is 5.75. The lowest BCUT2D eigenvalue weighted by Gasteiger charge is -2.34. The Morgan fingerprint density at radius 1 is 1.56 bits per heavy atom. The van der Waals surface area contributed by atoms with Gasteiger partial charge in [0.2, 0.25) is 5.13 Å². The molecule has 1 aromatic heterocycles. The second-order valence-electron chi connectivity index (χ2n) is 3.86. The molecular formula is C10H18N4OS. The minimum Gasteiger partial charge on any atom is -0.378 e. The van der Waals surface area contributed by atoms with E-state index in [9.17, 15) is 0 Å². The van der Waals surface area contributed by atoms with Crippen LogP contribution in [-0.2, 0) is 11.3 Å². The van der Waals surface area contributed by atoms with Crippen LogP contribution >= 0.6 is 11.3 Å². The van der Waals surface area contributed by atoms with Crippen LogP contribution in [0.15, 0.2) is 0 Å². The van der Waals surface area contributed by atoms with Gasteiger partial charge in [-0.3, -0.25) is 4.90 Å². The van der Waals surface area contributed by atoms with E-state index in [1.807, 2.05) is 7.05 Å². The third-order valence-electron chi connectivity index (χ3n) is 2.84. The van der Waals surface area contributed by atoms with Crippen molar-refractivity contribution in [1.82, 2.24) is 15.1 Å². The zero-order valence-corrected chi connectivity index (χ0v) is 10.6. The molecule has 5 nitrogen and oxygen atoms in total. The average Bonchev–Trinajstić information content (AvgIpc) is 2.77. The van der Waals surface area contributed by atoms with E-state index in [0.717, 1.165) is 42.9 Å². The molecule has 1 saturated heterocycles. The Labute approximate surface area is 99.8 Å². The Morgan fingerprint density at radius 2 is 2.44 bits per heavy atom. The lowest BCUT2D eigenvalue weighted by molar-refractivity contribution is -0.0128. The maximum Gasteiger partial charge on any atom is 0.205 e. The SMILES string of the molecule is CCC1COCCN1Cc1nnc(NC)s1. The van der Waals surface area contributed by atoms with Crippen molar-refractivity contribution in [1.29, 1.82) is 0 Å². The fourth-order valence-corrected chi connectivity index (χ4v) is 2.58. The minimum absolute atomic E-state index is 0.524. The summed E-state index contributed by atoms with van der Waals surface area (Å²) < 4.78 is 5.48. The van der Waals surface area contributed by atoms with Gasteiger partial charge in [-0.2, -0.15) is 0 Å². The van der Waals surface area contributed by atoms with E-state index in [-0.39, 0.29) is 0 Å². The molecule has 1 fully saturated rings. The second kappa shape index (κ2) is 5.56. The second-order valence-corrected chi connectivity index (χ2v) is 4.92. The monoisotopic (exact) mass is 242 g/mol. The van der Waals surface area contributed by atoms with E-state index in [1.54, 1.807) is 11.3 Å². The molecule has 0 radical (unpaired) electrons. The number of hydrogen-bond acceptors (Lipinski definition) is 6. The molecule has 90 valence electrons. The van der Waals surface area contributed by atoms with Gasteiger partial charge in [-0.15, -0.1) is 10.2 Å². The van der Waals surface area contributed by atoms with Gasteiger partial charge in [0, 0.05) is 19.6 Å². The molecule has 2 heterocycles. The molecule has 0 spiro atoms. The molecule has 6 heteroatoms. The van der Waals surface area contributed by atoms with Gasteiger partial charge in [0.05, 0.1) is 19.8 Å². The van der Waals surface area contributed by atoms with E-state index in [4.69, 9.17) is 4.74 Å². The van der Waals surface area contributed by atoms with Crippen LogP contribution in [0.5, 0.6) is 0 Å². The number of nitrogens with zero attached hydrogens (tertiary/aromatic N) is 3. The molecule has 1 atom stereocenters. The summed E-state index contributed by atoms with van der Waals surface area (Å²) in [7, 11) is 1.87. The van der Waals surface area contributed by atoms with Crippen LogP contribution in [-0.4, -0.2) is 47.9 Å². The highest BCUT2D eigenvalue weighted by atomic mass is 32.1. The Morgan fingerprint density at radius 3 is 3.12 bits per heavy atom. The van der Waals surface area contributed by atoms with Gasteiger partial charge in [0.15, 0.2) is 0 Å². The van der Waals surface area contributed by atoms with Gasteiger partial charge in [-0.1, -0.05) is 18.3 Å². The fraction of sp³-hybridized carbons (Fsp3) is 0.800. The van der Waals surface area contributed by atoms with Crippen molar-refractivity contribution >= 4 is 16.5 Å². The lowest BCUT2D eigenvalue weighted by atomic mass is 10.2. The van der Waals surface area contributed by atoms with Crippen molar-refractivity contribution in [2.75, 3.05) is 32.1 Å². The zero-order valence-electron chi connectivity index (χ0n) is 9.77. The van der Waals surface area contributed by atoms with Gasteiger partial charge in [0.25, 0.3) is 0 Å². The van der Waals surface area contributed by atoms with Crippen LogP contribution in [0.25, 0.3) is 0 Å². The molecule has 0 bridgehead atoms. The smallest absolute Gasteiger partial charge is 0.205 e. The van der Waals surface area contributed by atoms with Crippen molar-refractivity contribution < 1.29 is 4.74 Å². The molecule has 16 heavy (non-hydrogen) atoms. The maximum atomic E-state index is 5.48. The largest absolute Gasteiger partial charge is 0.378 e. The highest BCUT2D eigenvalue weighted by Crippen LogP contribution is 2.19. The maximum absolute atomic E-state index is 5.48. The fourth-order valence-electron chi connectivity index (χ4n) is 1.87. The summed E-state index contributed by atoms with van der Waals surface area (Å²) in [5.74, 6) is 0. The molecule has 1 N–H and O–H groups in total. The third kappa shape index (κ3) is 2.69. The van der Waals surface area contributed by atoms with Gasteiger partial charge < -0.3 is 10.1 Å². The zero-order chi connectivity index (χ0) is 11.4. The standard InChI is InChI=1S/C10H18N4OS/c1-3-8-7-15-5-4-14(8)6-9-12-13-10(11-2)16-9/h8H,3-7H2,1-2H3,(H,11,13). The van der Waals surface area contributed by atoms with E-state index < -0.39 is 0 Å². The first kappa shape index (κ1) is 11.8. The molecule has 0 amide bonds. The van der Waals surface area contributed by atoms with Crippen molar-refractivity contribution in [2.24, 2.45) is 0 Å². The highest BCUT2D eigenvalue weighted by molar-refractivity contribution is 7.15. The summed E-state index contributed by atoms with van der Waals surface area (Å²) in [5.41, 5.74) is 0. The Hall–Kier alpha value is -0.720. The normalized spacial score (nSPS) is 22.2. The van der Waals surface area contributed by atoms with E-state index in [1.165, 1.54) is 0 Å².